The Morgan fingerprint density at radius 3 is 2.36 bits per heavy atom. The number of allylic oxidation sites excluding steroid dienone is 2. The summed E-state index contributed by atoms with van der Waals surface area (Å²) in [4.78, 5) is 25.6. The van der Waals surface area contributed by atoms with Gasteiger partial charge in [0.25, 0.3) is 11.8 Å². The van der Waals surface area contributed by atoms with E-state index < -0.39 is 0 Å². The normalized spacial score (nSPS) is 37.6. The number of carbonyl (C=O) groups is 2. The second kappa shape index (κ2) is 5.27. The Morgan fingerprint density at radius 1 is 1.16 bits per heavy atom. The minimum absolute atomic E-state index is 0.136. The zero-order valence-electron chi connectivity index (χ0n) is 13.6. The molecule has 2 amide bonds. The predicted molar refractivity (Wildman–Crippen MR) is 94.8 cm³/mol. The Hall–Kier alpha value is -1.95. The monoisotopic (exact) mass is 400 g/mol. The van der Waals surface area contributed by atoms with Crippen molar-refractivity contribution in [2.75, 3.05) is 7.11 Å². The fraction of sp³-hybridized carbons (Fsp3) is 0.421. The lowest BCUT2D eigenvalue weighted by molar-refractivity contribution is -0.140. The Kier molecular flexibility index (Phi) is 3.23. The number of rotatable bonds is 3. The van der Waals surface area contributed by atoms with E-state index in [1.165, 1.54) is 6.42 Å². The van der Waals surface area contributed by atoms with Gasteiger partial charge in [0.2, 0.25) is 0 Å². The van der Waals surface area contributed by atoms with Crippen LogP contribution in [0.3, 0.4) is 0 Å². The molecule has 1 aromatic carbocycles. The third kappa shape index (κ3) is 2.09. The molecule has 6 heteroatoms. The summed E-state index contributed by atoms with van der Waals surface area (Å²) >= 11 is 3.43. The van der Waals surface area contributed by atoms with E-state index in [1.807, 2.05) is 18.2 Å². The number of imide groups is 1. The number of nitrogens with zero attached hydrogens (tertiary/aromatic N) is 2. The van der Waals surface area contributed by atoms with Crippen molar-refractivity contribution in [1.82, 2.24) is 5.01 Å². The van der Waals surface area contributed by atoms with Gasteiger partial charge in [-0.25, -0.2) is 0 Å². The van der Waals surface area contributed by atoms with E-state index in [9.17, 15) is 9.59 Å². The van der Waals surface area contributed by atoms with Gasteiger partial charge in [0.15, 0.2) is 0 Å². The fourth-order valence-corrected chi connectivity index (χ4v) is 5.50. The van der Waals surface area contributed by atoms with Crippen LogP contribution in [0.2, 0.25) is 0 Å². The van der Waals surface area contributed by atoms with E-state index in [0.29, 0.717) is 11.8 Å². The molecule has 0 radical (unpaired) electrons. The first-order valence-corrected chi connectivity index (χ1v) is 9.33. The number of methoxy groups -OCH3 is 1. The van der Waals surface area contributed by atoms with Gasteiger partial charge in [-0.15, -0.1) is 0 Å². The molecule has 0 N–H and O–H groups in total. The average molecular weight is 401 g/mol. The lowest BCUT2D eigenvalue weighted by Gasteiger charge is -2.37. The van der Waals surface area contributed by atoms with Crippen LogP contribution in [0.5, 0.6) is 5.75 Å². The molecule has 6 rings (SSSR count). The van der Waals surface area contributed by atoms with Crippen LogP contribution in [0.1, 0.15) is 12.0 Å². The van der Waals surface area contributed by atoms with Crippen molar-refractivity contribution in [3.05, 3.63) is 40.4 Å². The van der Waals surface area contributed by atoms with E-state index in [-0.39, 0.29) is 35.5 Å². The lowest BCUT2D eigenvalue weighted by atomic mass is 9.63. The van der Waals surface area contributed by atoms with Gasteiger partial charge >= 0.3 is 0 Å². The first-order valence-electron chi connectivity index (χ1n) is 8.54. The molecule has 3 fully saturated rings. The molecule has 2 saturated carbocycles. The summed E-state index contributed by atoms with van der Waals surface area (Å²) in [6.45, 7) is 0. The number of hydrogen-bond donors (Lipinski definition) is 0. The third-order valence-electron chi connectivity index (χ3n) is 6.14. The number of benzene rings is 1. The number of hydrogen-bond acceptors (Lipinski definition) is 4. The second-order valence-electron chi connectivity index (χ2n) is 7.28. The van der Waals surface area contributed by atoms with Crippen molar-refractivity contribution in [3.63, 3.8) is 0 Å². The highest BCUT2D eigenvalue weighted by atomic mass is 79.9. The molecule has 5 aliphatic rings. The summed E-state index contributed by atoms with van der Waals surface area (Å²) in [5.41, 5.74) is 0.798. The Morgan fingerprint density at radius 2 is 1.80 bits per heavy atom. The summed E-state index contributed by atoms with van der Waals surface area (Å²) in [5.74, 6) is 1.71. The molecular formula is C19H17BrN2O3. The van der Waals surface area contributed by atoms with E-state index >= 15 is 0 Å². The summed E-state index contributed by atoms with van der Waals surface area (Å²) in [6.07, 6.45) is 7.06. The Bertz CT molecular complexity index is 813. The quantitative estimate of drug-likeness (QED) is 0.445. The minimum Gasteiger partial charge on any atom is -0.496 e. The Balaban J connectivity index is 1.41. The van der Waals surface area contributed by atoms with Gasteiger partial charge in [-0.2, -0.15) is 10.1 Å². The van der Waals surface area contributed by atoms with Crippen molar-refractivity contribution in [2.45, 2.75) is 6.42 Å². The van der Waals surface area contributed by atoms with Crippen LogP contribution in [-0.2, 0) is 9.59 Å². The zero-order chi connectivity index (χ0) is 17.3. The average Bonchev–Trinajstić information content (AvgIpc) is 3.39. The van der Waals surface area contributed by atoms with E-state index in [1.54, 1.807) is 13.3 Å². The lowest BCUT2D eigenvalue weighted by Crippen LogP contribution is -2.40. The maximum atomic E-state index is 12.8. The van der Waals surface area contributed by atoms with Crippen molar-refractivity contribution < 1.29 is 14.3 Å². The predicted octanol–water partition coefficient (Wildman–Crippen LogP) is 2.84. The van der Waals surface area contributed by atoms with Crippen LogP contribution in [0.25, 0.3) is 0 Å². The maximum absolute atomic E-state index is 12.8. The summed E-state index contributed by atoms with van der Waals surface area (Å²) in [7, 11) is 1.60. The molecule has 4 aliphatic carbocycles. The molecule has 0 spiro atoms. The molecule has 25 heavy (non-hydrogen) atoms. The number of halogens is 1. The SMILES string of the molecule is COc1ccc(/C=N\N2C(=O)[C@@H]3[C@@H]4C=C[C@H]([C@@H]5C[C@H]45)[C@H]3C2=O)cc1Br. The van der Waals surface area contributed by atoms with E-state index in [2.05, 4.69) is 33.2 Å². The number of hydrazone groups is 1. The molecule has 5 nitrogen and oxygen atoms in total. The highest BCUT2D eigenvalue weighted by Gasteiger charge is 2.67. The topological polar surface area (TPSA) is 59.0 Å². The van der Waals surface area contributed by atoms with Crippen LogP contribution in [-0.4, -0.2) is 30.1 Å². The van der Waals surface area contributed by atoms with Gasteiger partial charge in [-0.05, 0) is 69.8 Å². The molecule has 1 saturated heterocycles. The Labute approximate surface area is 153 Å². The molecule has 0 unspecified atom stereocenters. The molecule has 1 aliphatic heterocycles. The smallest absolute Gasteiger partial charge is 0.254 e. The highest BCUT2D eigenvalue weighted by molar-refractivity contribution is 9.10. The molecule has 1 heterocycles. The van der Waals surface area contributed by atoms with Gasteiger partial charge in [0.05, 0.1) is 29.6 Å². The highest BCUT2D eigenvalue weighted by Crippen LogP contribution is 2.65. The number of ether oxygens (including phenoxy) is 1. The van der Waals surface area contributed by atoms with Crippen molar-refractivity contribution >= 4 is 34.0 Å². The van der Waals surface area contributed by atoms with Gasteiger partial charge in [0.1, 0.15) is 5.75 Å². The van der Waals surface area contributed by atoms with Crippen molar-refractivity contribution in [2.24, 2.45) is 40.6 Å². The van der Waals surface area contributed by atoms with Gasteiger partial charge in [-0.1, -0.05) is 12.2 Å². The van der Waals surface area contributed by atoms with Crippen molar-refractivity contribution in [1.29, 1.82) is 0 Å². The molecule has 128 valence electrons. The number of amides is 2. The second-order valence-corrected chi connectivity index (χ2v) is 8.14. The van der Waals surface area contributed by atoms with Crippen LogP contribution in [0.15, 0.2) is 39.9 Å². The zero-order valence-corrected chi connectivity index (χ0v) is 15.2. The van der Waals surface area contributed by atoms with Crippen LogP contribution in [0, 0.1) is 35.5 Å². The molecule has 6 atom stereocenters. The van der Waals surface area contributed by atoms with Gasteiger partial charge in [0, 0.05) is 0 Å². The molecule has 1 aromatic rings. The molecular weight excluding hydrogens is 384 g/mol. The van der Waals surface area contributed by atoms with E-state index in [0.717, 1.165) is 20.8 Å². The van der Waals surface area contributed by atoms with Crippen LogP contribution >= 0.6 is 15.9 Å². The van der Waals surface area contributed by atoms with E-state index in [4.69, 9.17) is 4.74 Å². The minimum atomic E-state index is -0.203. The molecule has 0 aromatic heterocycles. The third-order valence-corrected chi connectivity index (χ3v) is 6.76. The van der Waals surface area contributed by atoms with Gasteiger partial charge in [-0.3, -0.25) is 9.59 Å². The first-order chi connectivity index (χ1) is 12.1. The summed E-state index contributed by atoms with van der Waals surface area (Å²) in [6, 6.07) is 5.50. The molecule has 2 bridgehead atoms. The first kappa shape index (κ1) is 15.3. The van der Waals surface area contributed by atoms with Crippen LogP contribution < -0.4 is 4.74 Å². The summed E-state index contributed by atoms with van der Waals surface area (Å²) < 4.78 is 6.00. The van der Waals surface area contributed by atoms with Crippen molar-refractivity contribution in [3.8, 4) is 5.75 Å². The summed E-state index contributed by atoms with van der Waals surface area (Å²) in [5, 5.41) is 5.34. The number of carbonyl (C=O) groups excluding carboxylic acids is 2. The maximum Gasteiger partial charge on any atom is 0.254 e. The van der Waals surface area contributed by atoms with Crippen LogP contribution in [0.4, 0.5) is 0 Å². The standard InChI is InChI=1S/C19H17BrN2O3/c1-25-15-5-2-9(6-14(15)20)8-21-22-18(23)16-10-3-4-11(13-7-12(10)13)17(16)19(22)24/h2-6,8,10-13,16-17H,7H2,1H3/b21-8-/t10-,11-,12-,13+,16-,17-/m1/s1. The largest absolute Gasteiger partial charge is 0.496 e. The van der Waals surface area contributed by atoms with Gasteiger partial charge < -0.3 is 4.74 Å². The fourth-order valence-electron chi connectivity index (χ4n) is 4.94.